The van der Waals surface area contributed by atoms with E-state index < -0.39 is 5.82 Å². The van der Waals surface area contributed by atoms with Crippen molar-refractivity contribution < 1.29 is 13.9 Å². The number of carbonyl (C=O) groups excluding carboxylic acids is 1. The van der Waals surface area contributed by atoms with Gasteiger partial charge in [0.25, 0.3) is 5.91 Å². The van der Waals surface area contributed by atoms with Crippen molar-refractivity contribution in [3.63, 3.8) is 0 Å². The number of nitrogens with one attached hydrogen (secondary N) is 1. The lowest BCUT2D eigenvalue weighted by molar-refractivity contribution is 0.0996. The molecule has 0 aliphatic carbocycles. The lowest BCUT2D eigenvalue weighted by Crippen LogP contribution is -2.30. The second-order valence-corrected chi connectivity index (χ2v) is 8.74. The normalized spacial score (nSPS) is 17.4. The van der Waals surface area contributed by atoms with Crippen LogP contribution in [-0.4, -0.2) is 42.6 Å². The zero-order valence-electron chi connectivity index (χ0n) is 19.6. The van der Waals surface area contributed by atoms with Crippen molar-refractivity contribution in [2.75, 3.05) is 30.5 Å². The Hall–Kier alpha value is -3.52. The first kappa shape index (κ1) is 22.3. The largest absolute Gasteiger partial charge is 0.496 e. The number of fused-ring (bicyclic) bond motifs is 1. The number of carbonyl (C=O) groups is 1. The number of methoxy groups -OCH3 is 1. The Morgan fingerprint density at radius 1 is 1.24 bits per heavy atom. The Balaban J connectivity index is 1.54. The van der Waals surface area contributed by atoms with E-state index in [4.69, 9.17) is 9.72 Å². The van der Waals surface area contributed by atoms with E-state index in [0.29, 0.717) is 41.0 Å². The molecule has 1 aromatic carbocycles. The van der Waals surface area contributed by atoms with Crippen LogP contribution in [-0.2, 0) is 13.1 Å². The fourth-order valence-electron chi connectivity index (χ4n) is 5.02. The summed E-state index contributed by atoms with van der Waals surface area (Å²) >= 11 is 0. The molecule has 34 heavy (non-hydrogen) atoms. The molecule has 5 rings (SSSR count). The Bertz CT molecular complexity index is 1250. The summed E-state index contributed by atoms with van der Waals surface area (Å²) in [5.41, 5.74) is 3.87. The average Bonchev–Trinajstić information content (AvgIpc) is 3.42. The molecule has 0 radical (unpaired) electrons. The summed E-state index contributed by atoms with van der Waals surface area (Å²) in [6.45, 7) is 4.10. The quantitative estimate of drug-likeness (QED) is 0.595. The number of hydrogen-bond donors (Lipinski definition) is 1. The van der Waals surface area contributed by atoms with Gasteiger partial charge in [0.05, 0.1) is 36.3 Å². The van der Waals surface area contributed by atoms with E-state index >= 15 is 0 Å². The van der Waals surface area contributed by atoms with Crippen molar-refractivity contribution in [3.05, 3.63) is 65.2 Å². The molecule has 176 valence electrons. The van der Waals surface area contributed by atoms with Crippen molar-refractivity contribution in [1.82, 2.24) is 15.3 Å². The molecule has 1 saturated heterocycles. The van der Waals surface area contributed by atoms with Gasteiger partial charge in [-0.2, -0.15) is 0 Å². The molecule has 0 spiro atoms. The Labute approximate surface area is 198 Å². The van der Waals surface area contributed by atoms with Crippen LogP contribution in [0.25, 0.3) is 11.3 Å². The van der Waals surface area contributed by atoms with Gasteiger partial charge in [0, 0.05) is 36.5 Å². The minimum absolute atomic E-state index is 0.167. The van der Waals surface area contributed by atoms with Gasteiger partial charge in [0.2, 0.25) is 0 Å². The van der Waals surface area contributed by atoms with E-state index in [9.17, 15) is 9.18 Å². The Morgan fingerprint density at radius 2 is 2.09 bits per heavy atom. The van der Waals surface area contributed by atoms with Gasteiger partial charge in [-0.05, 0) is 57.1 Å². The first-order chi connectivity index (χ1) is 16.5. The maximum Gasteiger partial charge on any atom is 0.260 e. The van der Waals surface area contributed by atoms with Crippen molar-refractivity contribution >= 4 is 17.4 Å². The first-order valence-electron chi connectivity index (χ1n) is 11.6. The summed E-state index contributed by atoms with van der Waals surface area (Å²) in [5, 5.41) is 3.20. The van der Waals surface area contributed by atoms with Crippen LogP contribution < -0.4 is 19.9 Å². The second kappa shape index (κ2) is 9.02. The van der Waals surface area contributed by atoms with Crippen LogP contribution in [0.5, 0.6) is 5.75 Å². The van der Waals surface area contributed by atoms with E-state index in [-0.39, 0.29) is 18.0 Å². The van der Waals surface area contributed by atoms with Crippen molar-refractivity contribution in [2.24, 2.45) is 0 Å². The highest BCUT2D eigenvalue weighted by atomic mass is 19.1. The summed E-state index contributed by atoms with van der Waals surface area (Å²) < 4.78 is 20.2. The molecule has 1 amide bonds. The number of aromatic nitrogens is 2. The van der Waals surface area contributed by atoms with Gasteiger partial charge in [-0.15, -0.1) is 0 Å². The van der Waals surface area contributed by atoms with E-state index in [1.807, 2.05) is 13.1 Å². The molecule has 2 aliphatic rings. The molecule has 1 atom stereocenters. The Morgan fingerprint density at radius 3 is 2.82 bits per heavy atom. The minimum Gasteiger partial charge on any atom is -0.496 e. The number of ether oxygens (including phenoxy) is 1. The highest BCUT2D eigenvalue weighted by molar-refractivity contribution is 6.10. The fourth-order valence-corrected chi connectivity index (χ4v) is 5.02. The van der Waals surface area contributed by atoms with Gasteiger partial charge in [-0.3, -0.25) is 14.7 Å². The summed E-state index contributed by atoms with van der Waals surface area (Å²) in [6, 6.07) is 10.8. The Kier molecular flexibility index (Phi) is 5.91. The predicted octanol–water partition coefficient (Wildman–Crippen LogP) is 4.16. The molecule has 0 bridgehead atoms. The molecule has 1 fully saturated rings. The zero-order chi connectivity index (χ0) is 23.8. The third-order valence-electron chi connectivity index (χ3n) is 6.70. The van der Waals surface area contributed by atoms with E-state index in [1.165, 1.54) is 13.2 Å². The van der Waals surface area contributed by atoms with Crippen molar-refractivity contribution in [3.8, 4) is 17.0 Å². The van der Waals surface area contributed by atoms with Crippen LogP contribution >= 0.6 is 0 Å². The summed E-state index contributed by atoms with van der Waals surface area (Å²) in [5.74, 6) is 0.350. The van der Waals surface area contributed by atoms with E-state index in [2.05, 4.69) is 28.2 Å². The first-order valence-corrected chi connectivity index (χ1v) is 11.6. The minimum atomic E-state index is -0.440. The van der Waals surface area contributed by atoms with Crippen LogP contribution in [0.1, 0.15) is 41.4 Å². The van der Waals surface area contributed by atoms with Crippen LogP contribution in [0.15, 0.2) is 42.6 Å². The molecule has 4 heterocycles. The predicted molar refractivity (Wildman–Crippen MR) is 130 cm³/mol. The third-order valence-corrected chi connectivity index (χ3v) is 6.70. The zero-order valence-corrected chi connectivity index (χ0v) is 19.6. The van der Waals surface area contributed by atoms with Crippen molar-refractivity contribution in [1.29, 1.82) is 0 Å². The molecular formula is C26H28FN5O2. The molecule has 1 N–H and O–H groups in total. The van der Waals surface area contributed by atoms with Crippen LogP contribution in [0.3, 0.4) is 0 Å². The van der Waals surface area contributed by atoms with Gasteiger partial charge in [0.15, 0.2) is 0 Å². The number of hydrogen-bond acceptors (Lipinski definition) is 6. The van der Waals surface area contributed by atoms with Gasteiger partial charge in [-0.25, -0.2) is 9.37 Å². The number of benzene rings is 1. The number of pyridine rings is 2. The van der Waals surface area contributed by atoms with E-state index in [1.54, 1.807) is 29.3 Å². The summed E-state index contributed by atoms with van der Waals surface area (Å²) in [6.07, 6.45) is 3.87. The molecule has 7 nitrogen and oxygen atoms in total. The maximum atomic E-state index is 14.8. The van der Waals surface area contributed by atoms with Gasteiger partial charge in [0.1, 0.15) is 17.4 Å². The lowest BCUT2D eigenvalue weighted by Gasteiger charge is -2.27. The summed E-state index contributed by atoms with van der Waals surface area (Å²) in [7, 11) is 3.39. The third kappa shape index (κ3) is 3.68. The van der Waals surface area contributed by atoms with Crippen LogP contribution in [0.2, 0.25) is 0 Å². The number of nitrogens with zero attached hydrogens (tertiary/aromatic N) is 4. The lowest BCUT2D eigenvalue weighted by atomic mass is 10.0. The smallest absolute Gasteiger partial charge is 0.260 e. The summed E-state index contributed by atoms with van der Waals surface area (Å²) in [4.78, 5) is 26.7. The highest BCUT2D eigenvalue weighted by Gasteiger charge is 2.34. The topological polar surface area (TPSA) is 70.6 Å². The number of rotatable bonds is 6. The van der Waals surface area contributed by atoms with Gasteiger partial charge in [-0.1, -0.05) is 6.07 Å². The second-order valence-electron chi connectivity index (χ2n) is 8.74. The molecule has 1 unspecified atom stereocenters. The monoisotopic (exact) mass is 461 g/mol. The molecular weight excluding hydrogens is 433 g/mol. The number of anilines is 2. The molecule has 2 aromatic heterocycles. The van der Waals surface area contributed by atoms with Gasteiger partial charge < -0.3 is 15.0 Å². The molecule has 2 aliphatic heterocycles. The fraction of sp³-hybridized carbons (Fsp3) is 0.346. The molecule has 8 heteroatoms. The standard InChI is InChI=1S/C26H28FN5O2/c1-16-6-5-13-31(16)21-9-10-23(30-20(21)14-28-2)32-15-18-17(26(32)33)11-12-29-25(18)24-19(27)7-4-8-22(24)34-3/h4,7-12,16,28H,5-6,13-15H2,1-3H3. The van der Waals surface area contributed by atoms with E-state index in [0.717, 1.165) is 30.8 Å². The van der Waals surface area contributed by atoms with Gasteiger partial charge >= 0.3 is 0 Å². The highest BCUT2D eigenvalue weighted by Crippen LogP contribution is 2.39. The van der Waals surface area contributed by atoms with Crippen molar-refractivity contribution in [2.45, 2.75) is 38.9 Å². The SMILES string of the molecule is CNCc1nc(N2Cc3c(ccnc3-c3c(F)cccc3OC)C2=O)ccc1N1CCCC1C. The number of amides is 1. The average molecular weight is 462 g/mol. The van der Waals surface area contributed by atoms with Crippen LogP contribution in [0.4, 0.5) is 15.9 Å². The molecule has 3 aromatic rings. The van der Waals surface area contributed by atoms with Crippen LogP contribution in [0, 0.1) is 5.82 Å². The molecule has 0 saturated carbocycles. The maximum absolute atomic E-state index is 14.8. The number of halogens is 1.